The van der Waals surface area contributed by atoms with Crippen LogP contribution in [-0.4, -0.2) is 21.0 Å². The summed E-state index contributed by atoms with van der Waals surface area (Å²) in [6.07, 6.45) is 2.15. The number of anilines is 1. The van der Waals surface area contributed by atoms with E-state index in [4.69, 9.17) is 0 Å². The Morgan fingerprint density at radius 2 is 1.93 bits per heavy atom. The number of hydrogen-bond donors (Lipinski definition) is 2. The second-order valence-corrected chi connectivity index (χ2v) is 9.56. The molecule has 1 aromatic carbocycles. The summed E-state index contributed by atoms with van der Waals surface area (Å²) in [5, 5.41) is 4.21. The summed E-state index contributed by atoms with van der Waals surface area (Å²) in [5.74, 6) is 0.303. The average Bonchev–Trinajstić information content (AvgIpc) is 2.60. The molecule has 1 unspecified atom stereocenters. The van der Waals surface area contributed by atoms with Gasteiger partial charge in [0.05, 0.1) is 5.56 Å². The van der Waals surface area contributed by atoms with E-state index in [9.17, 15) is 9.59 Å². The average molecular weight is 446 g/mol. The van der Waals surface area contributed by atoms with E-state index < -0.39 is 0 Å². The normalized spacial score (nSPS) is 19.0. The second kappa shape index (κ2) is 7.28. The molecule has 1 aliphatic heterocycles. The van der Waals surface area contributed by atoms with Gasteiger partial charge in [-0.1, -0.05) is 53.7 Å². The number of carbonyl (C=O) groups excluding carboxylic acids is 1. The van der Waals surface area contributed by atoms with Gasteiger partial charge in [-0.2, -0.15) is 0 Å². The Balaban J connectivity index is 1.92. The largest absolute Gasteiger partial charge is 0.343 e. The fraction of sp³-hybridized carbons (Fsp3) is 0.350. The first kappa shape index (κ1) is 18.5. The molecule has 0 radical (unpaired) electrons. The summed E-state index contributed by atoms with van der Waals surface area (Å²) in [6, 6.07) is 7.81. The molecule has 1 aromatic heterocycles. The number of benzene rings is 1. The molecule has 1 atom stereocenters. The lowest BCUT2D eigenvalue weighted by Gasteiger charge is -2.32. The van der Waals surface area contributed by atoms with E-state index in [0.717, 1.165) is 28.6 Å². The number of nitrogens with one attached hydrogen (secondary N) is 2. The van der Waals surface area contributed by atoms with E-state index in [1.165, 1.54) is 11.8 Å². The van der Waals surface area contributed by atoms with Crippen molar-refractivity contribution < 1.29 is 4.79 Å². The Morgan fingerprint density at radius 3 is 2.63 bits per heavy atom. The zero-order valence-corrected chi connectivity index (χ0v) is 17.5. The minimum absolute atomic E-state index is 0.113. The number of fused-ring (bicyclic) bond motifs is 1. The van der Waals surface area contributed by atoms with Crippen molar-refractivity contribution in [2.24, 2.45) is 0 Å². The molecule has 0 bridgehead atoms. The Bertz CT molecular complexity index is 995. The van der Waals surface area contributed by atoms with Gasteiger partial charge in [-0.25, -0.2) is 4.98 Å². The quantitative estimate of drug-likeness (QED) is 0.533. The molecule has 0 saturated carbocycles. The van der Waals surface area contributed by atoms with Gasteiger partial charge in [-0.05, 0) is 30.5 Å². The van der Waals surface area contributed by atoms with E-state index in [1.54, 1.807) is 0 Å². The molecule has 4 rings (SSSR count). The lowest BCUT2D eigenvalue weighted by molar-refractivity contribution is -0.116. The standard InChI is InChI=1S/C20H20BrN3O2S/c1-10(2)27-20-23-18-17(19(26)24-20)15(11-6-8-12(21)9-7-11)16-13(22-18)4-3-5-14(16)25/h6-10,15H,3-5H2,1-2H3,(H2,22,23,24,26). The van der Waals surface area contributed by atoms with Gasteiger partial charge >= 0.3 is 0 Å². The summed E-state index contributed by atoms with van der Waals surface area (Å²) < 4.78 is 0.959. The molecule has 27 heavy (non-hydrogen) atoms. The van der Waals surface area contributed by atoms with Crippen LogP contribution >= 0.6 is 27.7 Å². The van der Waals surface area contributed by atoms with Gasteiger partial charge in [0.15, 0.2) is 10.9 Å². The number of rotatable bonds is 3. The summed E-state index contributed by atoms with van der Waals surface area (Å²) >= 11 is 4.97. The van der Waals surface area contributed by atoms with Gasteiger partial charge in [-0.15, -0.1) is 0 Å². The van der Waals surface area contributed by atoms with Crippen LogP contribution in [0.2, 0.25) is 0 Å². The number of Topliss-reactive ketones (excluding diaryl/α,β-unsaturated/α-hetero) is 1. The molecule has 0 fully saturated rings. The zero-order chi connectivity index (χ0) is 19.1. The third kappa shape index (κ3) is 3.50. The summed E-state index contributed by atoms with van der Waals surface area (Å²) in [4.78, 5) is 33.3. The van der Waals surface area contributed by atoms with E-state index in [-0.39, 0.29) is 17.3 Å². The van der Waals surface area contributed by atoms with Gasteiger partial charge in [0, 0.05) is 33.3 Å². The van der Waals surface area contributed by atoms with Crippen molar-refractivity contribution in [3.8, 4) is 0 Å². The smallest absolute Gasteiger partial charge is 0.257 e. The highest BCUT2D eigenvalue weighted by molar-refractivity contribution is 9.10. The predicted molar refractivity (Wildman–Crippen MR) is 111 cm³/mol. The topological polar surface area (TPSA) is 74.8 Å². The van der Waals surface area contributed by atoms with Crippen LogP contribution in [-0.2, 0) is 4.79 Å². The van der Waals surface area contributed by atoms with Crippen LogP contribution in [0, 0.1) is 0 Å². The molecule has 5 nitrogen and oxygen atoms in total. The molecule has 0 spiro atoms. The molecular formula is C20H20BrN3O2S. The van der Waals surface area contributed by atoms with Gasteiger partial charge < -0.3 is 10.3 Å². The van der Waals surface area contributed by atoms with Crippen LogP contribution in [0.15, 0.2) is 50.0 Å². The van der Waals surface area contributed by atoms with Crippen LogP contribution in [0.5, 0.6) is 0 Å². The van der Waals surface area contributed by atoms with E-state index >= 15 is 0 Å². The highest BCUT2D eigenvalue weighted by Gasteiger charge is 2.37. The van der Waals surface area contributed by atoms with Crippen molar-refractivity contribution in [2.45, 2.75) is 49.4 Å². The van der Waals surface area contributed by atoms with Gasteiger partial charge in [0.2, 0.25) is 0 Å². The van der Waals surface area contributed by atoms with Gasteiger partial charge in [-0.3, -0.25) is 9.59 Å². The molecule has 2 N–H and O–H groups in total. The number of thioether (sulfide) groups is 1. The molecule has 2 aliphatic rings. The Morgan fingerprint density at radius 1 is 1.19 bits per heavy atom. The van der Waals surface area contributed by atoms with Crippen molar-refractivity contribution in [1.29, 1.82) is 0 Å². The number of H-pyrrole nitrogens is 1. The van der Waals surface area contributed by atoms with Crippen LogP contribution in [0.1, 0.15) is 50.2 Å². The maximum atomic E-state index is 13.0. The molecule has 2 heterocycles. The second-order valence-electron chi connectivity index (χ2n) is 7.08. The number of nitrogens with zero attached hydrogens (tertiary/aromatic N) is 1. The molecule has 1 aliphatic carbocycles. The van der Waals surface area contributed by atoms with E-state index in [2.05, 4.69) is 45.1 Å². The number of halogens is 1. The Kier molecular flexibility index (Phi) is 4.99. The number of aromatic amines is 1. The fourth-order valence-corrected chi connectivity index (χ4v) is 4.71. The van der Waals surface area contributed by atoms with Gasteiger partial charge in [0.25, 0.3) is 5.56 Å². The summed E-state index contributed by atoms with van der Waals surface area (Å²) in [7, 11) is 0. The number of allylic oxidation sites excluding steroid dienone is 2. The highest BCUT2D eigenvalue weighted by Crippen LogP contribution is 2.43. The maximum absolute atomic E-state index is 13.0. The van der Waals surface area contributed by atoms with Crippen LogP contribution in [0.25, 0.3) is 0 Å². The molecule has 2 aromatic rings. The maximum Gasteiger partial charge on any atom is 0.257 e. The molecule has 0 saturated heterocycles. The summed E-state index contributed by atoms with van der Waals surface area (Å²) in [5.41, 5.74) is 2.89. The molecule has 0 amide bonds. The third-order valence-corrected chi connectivity index (χ3v) is 6.20. The first-order valence-electron chi connectivity index (χ1n) is 9.03. The molecule has 140 valence electrons. The number of aromatic nitrogens is 2. The van der Waals surface area contributed by atoms with E-state index in [1.807, 2.05) is 24.3 Å². The van der Waals surface area contributed by atoms with Crippen LogP contribution in [0.3, 0.4) is 0 Å². The first-order chi connectivity index (χ1) is 12.9. The monoisotopic (exact) mass is 445 g/mol. The highest BCUT2D eigenvalue weighted by atomic mass is 79.9. The molecule has 7 heteroatoms. The third-order valence-electron chi connectivity index (χ3n) is 4.79. The SMILES string of the molecule is CC(C)Sc1nc2c(c(=O)[nH]1)C(c1ccc(Br)cc1)C1=C(CCCC1=O)N2. The fourth-order valence-electron chi connectivity index (χ4n) is 3.71. The van der Waals surface area contributed by atoms with E-state index in [0.29, 0.717) is 33.8 Å². The van der Waals surface area contributed by atoms with Crippen molar-refractivity contribution >= 4 is 39.3 Å². The van der Waals surface area contributed by atoms with Crippen molar-refractivity contribution in [2.75, 3.05) is 5.32 Å². The lowest BCUT2D eigenvalue weighted by atomic mass is 9.76. The number of carbonyl (C=O) groups is 1. The minimum Gasteiger partial charge on any atom is -0.343 e. The zero-order valence-electron chi connectivity index (χ0n) is 15.1. The summed E-state index contributed by atoms with van der Waals surface area (Å²) in [6.45, 7) is 4.12. The van der Waals surface area contributed by atoms with Crippen LogP contribution < -0.4 is 10.9 Å². The number of ketones is 1. The Hall–Kier alpha value is -1.86. The lowest BCUT2D eigenvalue weighted by Crippen LogP contribution is -2.32. The first-order valence-corrected chi connectivity index (χ1v) is 10.7. The minimum atomic E-state index is -0.383. The number of hydrogen-bond acceptors (Lipinski definition) is 5. The van der Waals surface area contributed by atoms with Gasteiger partial charge in [0.1, 0.15) is 5.82 Å². The van der Waals surface area contributed by atoms with Crippen molar-refractivity contribution in [1.82, 2.24) is 9.97 Å². The van der Waals surface area contributed by atoms with Crippen molar-refractivity contribution in [3.05, 3.63) is 61.5 Å². The molecular weight excluding hydrogens is 426 g/mol. The predicted octanol–water partition coefficient (Wildman–Crippen LogP) is 4.60. The van der Waals surface area contributed by atoms with Crippen molar-refractivity contribution in [3.63, 3.8) is 0 Å². The Labute approximate surface area is 170 Å². The van der Waals surface area contributed by atoms with Crippen LogP contribution in [0.4, 0.5) is 5.82 Å².